The van der Waals surface area contributed by atoms with Crippen molar-refractivity contribution >= 4 is 17.6 Å². The van der Waals surface area contributed by atoms with Crippen molar-refractivity contribution < 1.29 is 19.5 Å². The average Bonchev–Trinajstić information content (AvgIpc) is 3.07. The van der Waals surface area contributed by atoms with E-state index in [4.69, 9.17) is 0 Å². The SMILES string of the molecule is C=CCN1CC(=O)N2[C@@H]1CN(Cc1cccc(C(C)=O)c1)C(=O)[C@@H]2Cc1ccc(O)cc1. The summed E-state index contributed by atoms with van der Waals surface area (Å²) >= 11 is 0. The quantitative estimate of drug-likeness (QED) is 0.535. The molecule has 2 saturated heterocycles. The Labute approximate surface area is 187 Å². The van der Waals surface area contributed by atoms with E-state index in [1.807, 2.05) is 23.1 Å². The molecular weight excluding hydrogens is 406 g/mol. The minimum atomic E-state index is -0.628. The number of hydrogen-bond acceptors (Lipinski definition) is 5. The molecule has 7 heteroatoms. The highest BCUT2D eigenvalue weighted by Gasteiger charge is 2.49. The van der Waals surface area contributed by atoms with Crippen LogP contribution in [0.15, 0.2) is 61.2 Å². The third kappa shape index (κ3) is 4.29. The number of fused-ring (bicyclic) bond motifs is 1. The lowest BCUT2D eigenvalue weighted by Gasteiger charge is -2.44. The molecule has 4 rings (SSSR count). The first-order valence-corrected chi connectivity index (χ1v) is 10.7. The van der Waals surface area contributed by atoms with Crippen molar-refractivity contribution in [3.05, 3.63) is 77.9 Å². The summed E-state index contributed by atoms with van der Waals surface area (Å²) in [5.74, 6) is -0.0432. The van der Waals surface area contributed by atoms with Crippen LogP contribution in [-0.2, 0) is 22.6 Å². The summed E-state index contributed by atoms with van der Waals surface area (Å²) in [4.78, 5) is 43.7. The zero-order chi connectivity index (χ0) is 22.8. The van der Waals surface area contributed by atoms with Crippen LogP contribution in [-0.4, -0.2) is 69.2 Å². The number of benzene rings is 2. The third-order valence-corrected chi connectivity index (χ3v) is 6.12. The predicted octanol–water partition coefficient (Wildman–Crippen LogP) is 2.20. The number of carbonyl (C=O) groups is 3. The van der Waals surface area contributed by atoms with Crippen molar-refractivity contribution in [1.82, 2.24) is 14.7 Å². The van der Waals surface area contributed by atoms with Crippen LogP contribution in [0.5, 0.6) is 5.75 Å². The van der Waals surface area contributed by atoms with Crippen LogP contribution >= 0.6 is 0 Å². The van der Waals surface area contributed by atoms with E-state index < -0.39 is 6.04 Å². The van der Waals surface area contributed by atoms with E-state index in [1.54, 1.807) is 46.2 Å². The summed E-state index contributed by atoms with van der Waals surface area (Å²) in [5, 5.41) is 9.59. The van der Waals surface area contributed by atoms with Gasteiger partial charge in [-0.1, -0.05) is 36.4 Å². The smallest absolute Gasteiger partial charge is 0.246 e. The number of piperazine rings is 1. The second-order valence-electron chi connectivity index (χ2n) is 8.36. The zero-order valence-electron chi connectivity index (χ0n) is 18.1. The van der Waals surface area contributed by atoms with Crippen LogP contribution < -0.4 is 0 Å². The van der Waals surface area contributed by atoms with Gasteiger partial charge in [-0.15, -0.1) is 6.58 Å². The molecule has 0 radical (unpaired) electrons. The predicted molar refractivity (Wildman–Crippen MR) is 120 cm³/mol. The van der Waals surface area contributed by atoms with Crippen LogP contribution in [0.2, 0.25) is 0 Å². The molecule has 2 amide bonds. The van der Waals surface area contributed by atoms with Gasteiger partial charge in [-0.05, 0) is 36.2 Å². The summed E-state index contributed by atoms with van der Waals surface area (Å²) in [6.07, 6.45) is 1.91. The number of amides is 2. The first kappa shape index (κ1) is 21.8. The third-order valence-electron chi connectivity index (χ3n) is 6.12. The number of hydrogen-bond donors (Lipinski definition) is 1. The van der Waals surface area contributed by atoms with Crippen LogP contribution in [0.4, 0.5) is 0 Å². The van der Waals surface area contributed by atoms with Crippen molar-refractivity contribution in [2.75, 3.05) is 19.6 Å². The van der Waals surface area contributed by atoms with Gasteiger partial charge in [-0.3, -0.25) is 19.3 Å². The molecule has 2 aromatic rings. The summed E-state index contributed by atoms with van der Waals surface area (Å²) < 4.78 is 0. The number of rotatable bonds is 7. The average molecular weight is 434 g/mol. The number of carbonyl (C=O) groups excluding carboxylic acids is 3. The molecule has 2 atom stereocenters. The summed E-state index contributed by atoms with van der Waals surface area (Å²) in [7, 11) is 0. The number of ketones is 1. The molecule has 2 fully saturated rings. The highest BCUT2D eigenvalue weighted by atomic mass is 16.3. The molecule has 2 aliphatic rings. The molecule has 1 N–H and O–H groups in total. The Morgan fingerprint density at radius 2 is 1.91 bits per heavy atom. The Bertz CT molecular complexity index is 1050. The number of phenolic OH excluding ortho intramolecular Hbond substituents is 1. The zero-order valence-corrected chi connectivity index (χ0v) is 18.1. The van der Waals surface area contributed by atoms with E-state index in [1.165, 1.54) is 6.92 Å². The van der Waals surface area contributed by atoms with Gasteiger partial charge >= 0.3 is 0 Å². The Kier molecular flexibility index (Phi) is 6.10. The molecule has 0 unspecified atom stereocenters. The minimum absolute atomic E-state index is 0.0215. The molecular formula is C25H27N3O4. The van der Waals surface area contributed by atoms with Crippen molar-refractivity contribution in [1.29, 1.82) is 0 Å². The maximum Gasteiger partial charge on any atom is 0.246 e. The van der Waals surface area contributed by atoms with Gasteiger partial charge in [0.15, 0.2) is 5.78 Å². The van der Waals surface area contributed by atoms with E-state index in [0.717, 1.165) is 11.1 Å². The van der Waals surface area contributed by atoms with Crippen molar-refractivity contribution in [3.63, 3.8) is 0 Å². The molecule has 0 spiro atoms. The number of Topliss-reactive ketones (excluding diaryl/α,β-unsaturated/α-hetero) is 1. The lowest BCUT2D eigenvalue weighted by Crippen LogP contribution is -2.63. The maximum atomic E-state index is 13.5. The molecule has 0 bridgehead atoms. The summed E-state index contributed by atoms with van der Waals surface area (Å²) in [6, 6.07) is 13.4. The Morgan fingerprint density at radius 1 is 1.16 bits per heavy atom. The number of phenols is 1. The Morgan fingerprint density at radius 3 is 2.59 bits per heavy atom. The molecule has 0 saturated carbocycles. The van der Waals surface area contributed by atoms with Crippen LogP contribution in [0.25, 0.3) is 0 Å². The first-order chi connectivity index (χ1) is 15.4. The standard InChI is InChI=1S/C25H27N3O4/c1-3-11-26-16-24(31)28-22(13-18-7-9-21(30)10-8-18)25(32)27(15-23(26)28)14-19-5-4-6-20(12-19)17(2)29/h3-10,12,22-23,30H,1,11,13-16H2,2H3/t22-,23+/m0/s1. The lowest BCUT2D eigenvalue weighted by atomic mass is 9.99. The van der Waals surface area contributed by atoms with Crippen molar-refractivity contribution in [2.45, 2.75) is 32.1 Å². The van der Waals surface area contributed by atoms with Gasteiger partial charge in [0.25, 0.3) is 0 Å². The maximum absolute atomic E-state index is 13.5. The molecule has 7 nitrogen and oxygen atoms in total. The minimum Gasteiger partial charge on any atom is -0.508 e. The lowest BCUT2D eigenvalue weighted by molar-refractivity contribution is -0.154. The second-order valence-corrected chi connectivity index (χ2v) is 8.36. The van der Waals surface area contributed by atoms with Crippen LogP contribution in [0.1, 0.15) is 28.4 Å². The van der Waals surface area contributed by atoms with Gasteiger partial charge in [-0.25, -0.2) is 0 Å². The van der Waals surface area contributed by atoms with Gasteiger partial charge in [0.05, 0.1) is 13.1 Å². The summed E-state index contributed by atoms with van der Waals surface area (Å²) in [5.41, 5.74) is 2.36. The molecule has 166 valence electrons. The largest absolute Gasteiger partial charge is 0.508 e. The van der Waals surface area contributed by atoms with Gasteiger partial charge in [0, 0.05) is 25.1 Å². The highest BCUT2D eigenvalue weighted by molar-refractivity contribution is 5.94. The van der Waals surface area contributed by atoms with E-state index in [-0.39, 0.29) is 36.1 Å². The molecule has 2 aromatic carbocycles. The fourth-order valence-corrected chi connectivity index (χ4v) is 4.55. The molecule has 0 aromatic heterocycles. The molecule has 2 aliphatic heterocycles. The fourth-order valence-electron chi connectivity index (χ4n) is 4.55. The normalized spacial score (nSPS) is 21.0. The van der Waals surface area contributed by atoms with Crippen molar-refractivity contribution in [2.24, 2.45) is 0 Å². The van der Waals surface area contributed by atoms with E-state index in [9.17, 15) is 19.5 Å². The highest BCUT2D eigenvalue weighted by Crippen LogP contribution is 2.29. The van der Waals surface area contributed by atoms with Gasteiger partial charge < -0.3 is 14.9 Å². The summed E-state index contributed by atoms with van der Waals surface area (Å²) in [6.45, 7) is 6.90. The van der Waals surface area contributed by atoms with Gasteiger partial charge in [0.1, 0.15) is 18.0 Å². The molecule has 2 heterocycles. The van der Waals surface area contributed by atoms with E-state index in [2.05, 4.69) is 6.58 Å². The fraction of sp³-hybridized carbons (Fsp3) is 0.320. The number of aromatic hydroxyl groups is 1. The van der Waals surface area contributed by atoms with Gasteiger partial charge in [-0.2, -0.15) is 0 Å². The van der Waals surface area contributed by atoms with Crippen LogP contribution in [0.3, 0.4) is 0 Å². The van der Waals surface area contributed by atoms with Crippen molar-refractivity contribution in [3.8, 4) is 5.75 Å². The van der Waals surface area contributed by atoms with E-state index >= 15 is 0 Å². The van der Waals surface area contributed by atoms with E-state index in [0.29, 0.717) is 31.6 Å². The molecule has 32 heavy (non-hydrogen) atoms. The van der Waals surface area contributed by atoms with Gasteiger partial charge in [0.2, 0.25) is 11.8 Å². The monoisotopic (exact) mass is 433 g/mol. The first-order valence-electron chi connectivity index (χ1n) is 10.7. The Balaban J connectivity index is 1.64. The van der Waals surface area contributed by atoms with Crippen LogP contribution in [0, 0.1) is 0 Å². The second kappa shape index (κ2) is 8.96. The topological polar surface area (TPSA) is 81.2 Å². The molecule has 0 aliphatic carbocycles. The Hall–Kier alpha value is -3.45. The number of nitrogens with zero attached hydrogens (tertiary/aromatic N) is 3.